The highest BCUT2D eigenvalue weighted by Gasteiger charge is 2.23. The fourth-order valence-electron chi connectivity index (χ4n) is 3.75. The fraction of sp³-hybridized carbons (Fsp3) is 0.381. The van der Waals surface area contributed by atoms with E-state index in [-0.39, 0.29) is 11.9 Å². The van der Waals surface area contributed by atoms with Gasteiger partial charge in [-0.3, -0.25) is 4.79 Å². The third kappa shape index (κ3) is 3.57. The summed E-state index contributed by atoms with van der Waals surface area (Å²) in [6, 6.07) is 12.5. The first kappa shape index (κ1) is 17.7. The molecule has 140 valence electrons. The molecule has 1 saturated heterocycles. The fourth-order valence-corrected chi connectivity index (χ4v) is 3.75. The van der Waals surface area contributed by atoms with Gasteiger partial charge in [-0.15, -0.1) is 0 Å². The number of carbonyl (C=O) groups is 1. The van der Waals surface area contributed by atoms with E-state index in [4.69, 9.17) is 4.98 Å². The van der Waals surface area contributed by atoms with E-state index in [0.29, 0.717) is 18.2 Å². The van der Waals surface area contributed by atoms with Crippen LogP contribution < -0.4 is 10.6 Å². The van der Waals surface area contributed by atoms with E-state index in [1.54, 1.807) is 6.20 Å². The van der Waals surface area contributed by atoms with Crippen LogP contribution in [0.3, 0.4) is 0 Å². The van der Waals surface area contributed by atoms with Crippen molar-refractivity contribution in [1.29, 1.82) is 0 Å². The molecule has 0 aliphatic carbocycles. The van der Waals surface area contributed by atoms with Gasteiger partial charge >= 0.3 is 0 Å². The zero-order valence-corrected chi connectivity index (χ0v) is 15.8. The molecular formula is C21H25N5O. The predicted octanol–water partition coefficient (Wildman–Crippen LogP) is 2.99. The monoisotopic (exact) mass is 363 g/mol. The minimum absolute atomic E-state index is 0.0469. The number of fused-ring (bicyclic) bond motifs is 1. The molecule has 0 spiro atoms. The molecule has 2 atom stereocenters. The van der Waals surface area contributed by atoms with Crippen LogP contribution in [-0.4, -0.2) is 39.3 Å². The van der Waals surface area contributed by atoms with E-state index < -0.39 is 0 Å². The number of amides is 1. The molecule has 2 N–H and O–H groups in total. The quantitative estimate of drug-likeness (QED) is 0.747. The molecule has 6 nitrogen and oxygen atoms in total. The largest absolute Gasteiger partial charge is 0.349 e. The van der Waals surface area contributed by atoms with Crippen LogP contribution >= 0.6 is 0 Å². The van der Waals surface area contributed by atoms with Crippen LogP contribution in [0.25, 0.3) is 22.3 Å². The number of aryl methyl sites for hydroxylation is 1. The van der Waals surface area contributed by atoms with Gasteiger partial charge in [0.15, 0.2) is 5.65 Å². The minimum atomic E-state index is -0.0469. The van der Waals surface area contributed by atoms with Gasteiger partial charge in [-0.2, -0.15) is 5.10 Å². The Morgan fingerprint density at radius 1 is 1.33 bits per heavy atom. The van der Waals surface area contributed by atoms with Gasteiger partial charge in [0.2, 0.25) is 0 Å². The molecule has 1 aliphatic rings. The molecule has 1 amide bonds. The lowest BCUT2D eigenvalue weighted by molar-refractivity contribution is 0.0927. The molecule has 1 aliphatic heterocycles. The molecule has 0 saturated carbocycles. The molecular weight excluding hydrogens is 338 g/mol. The smallest absolute Gasteiger partial charge is 0.252 e. The van der Waals surface area contributed by atoms with Crippen molar-refractivity contribution in [3.63, 3.8) is 0 Å². The second-order valence-electron chi connectivity index (χ2n) is 7.17. The van der Waals surface area contributed by atoms with Gasteiger partial charge in [0.05, 0.1) is 22.8 Å². The minimum Gasteiger partial charge on any atom is -0.349 e. The molecule has 0 radical (unpaired) electrons. The molecule has 2 aromatic heterocycles. The summed E-state index contributed by atoms with van der Waals surface area (Å²) in [7, 11) is 0. The summed E-state index contributed by atoms with van der Waals surface area (Å²) < 4.78 is 1.84. The van der Waals surface area contributed by atoms with Gasteiger partial charge in [-0.25, -0.2) is 9.67 Å². The maximum Gasteiger partial charge on any atom is 0.252 e. The number of nitrogens with zero attached hydrogens (tertiary/aromatic N) is 3. The number of hydrogen-bond acceptors (Lipinski definition) is 4. The first-order chi connectivity index (χ1) is 13.2. The molecule has 2 unspecified atom stereocenters. The Labute approximate surface area is 159 Å². The summed E-state index contributed by atoms with van der Waals surface area (Å²) >= 11 is 0. The number of pyridine rings is 1. The topological polar surface area (TPSA) is 71.8 Å². The Bertz CT molecular complexity index is 950. The van der Waals surface area contributed by atoms with Crippen LogP contribution in [0.5, 0.6) is 0 Å². The number of nitrogens with one attached hydrogen (secondary N) is 2. The Balaban J connectivity index is 1.74. The number of rotatable bonds is 4. The lowest BCUT2D eigenvalue weighted by Gasteiger charge is -2.28. The zero-order valence-electron chi connectivity index (χ0n) is 15.8. The van der Waals surface area contributed by atoms with Crippen molar-refractivity contribution in [1.82, 2.24) is 25.4 Å². The van der Waals surface area contributed by atoms with Crippen molar-refractivity contribution in [2.45, 2.75) is 45.3 Å². The average Bonchev–Trinajstić information content (AvgIpc) is 3.11. The summed E-state index contributed by atoms with van der Waals surface area (Å²) in [6.45, 7) is 5.82. The van der Waals surface area contributed by atoms with Gasteiger partial charge in [0.1, 0.15) is 0 Å². The predicted molar refractivity (Wildman–Crippen MR) is 107 cm³/mol. The van der Waals surface area contributed by atoms with Gasteiger partial charge in [0, 0.05) is 24.2 Å². The molecule has 27 heavy (non-hydrogen) atoms. The number of carbonyl (C=O) groups excluding carboxylic acids is 1. The molecule has 1 fully saturated rings. The average molecular weight is 363 g/mol. The van der Waals surface area contributed by atoms with E-state index in [9.17, 15) is 4.79 Å². The summed E-state index contributed by atoms with van der Waals surface area (Å²) in [6.07, 6.45) is 3.64. The van der Waals surface area contributed by atoms with Crippen LogP contribution in [0.4, 0.5) is 0 Å². The number of aromatic nitrogens is 3. The Morgan fingerprint density at radius 2 is 2.15 bits per heavy atom. The lowest BCUT2D eigenvalue weighted by Crippen LogP contribution is -2.46. The van der Waals surface area contributed by atoms with Crippen molar-refractivity contribution < 1.29 is 4.79 Å². The van der Waals surface area contributed by atoms with Crippen LogP contribution in [0.1, 0.15) is 37.0 Å². The van der Waals surface area contributed by atoms with E-state index in [1.165, 1.54) is 0 Å². The Morgan fingerprint density at radius 3 is 2.89 bits per heavy atom. The van der Waals surface area contributed by atoms with Crippen molar-refractivity contribution in [2.24, 2.45) is 0 Å². The highest BCUT2D eigenvalue weighted by Crippen LogP contribution is 2.25. The Hall–Kier alpha value is -2.73. The van der Waals surface area contributed by atoms with Crippen LogP contribution in [0.15, 0.2) is 42.6 Å². The number of hydrogen-bond donors (Lipinski definition) is 2. The highest BCUT2D eigenvalue weighted by atomic mass is 16.1. The van der Waals surface area contributed by atoms with Crippen molar-refractivity contribution in [2.75, 3.05) is 6.54 Å². The highest BCUT2D eigenvalue weighted by molar-refractivity contribution is 6.06. The van der Waals surface area contributed by atoms with Gasteiger partial charge in [-0.1, -0.05) is 30.3 Å². The van der Waals surface area contributed by atoms with Gasteiger partial charge < -0.3 is 10.6 Å². The molecule has 1 aromatic carbocycles. The SMILES string of the molecule is CCn1ncc2c(C(=O)NC3CCNC(C)C3)cc(-c3ccccc3)nc21. The summed E-state index contributed by atoms with van der Waals surface area (Å²) in [5.41, 5.74) is 3.18. The summed E-state index contributed by atoms with van der Waals surface area (Å²) in [4.78, 5) is 17.9. The van der Waals surface area contributed by atoms with Crippen LogP contribution in [0.2, 0.25) is 0 Å². The third-order valence-corrected chi connectivity index (χ3v) is 5.18. The van der Waals surface area contributed by atoms with Crippen molar-refractivity contribution in [3.8, 4) is 11.3 Å². The molecule has 3 aromatic rings. The lowest BCUT2D eigenvalue weighted by atomic mass is 9.99. The van der Waals surface area contributed by atoms with Crippen molar-refractivity contribution in [3.05, 3.63) is 48.2 Å². The standard InChI is InChI=1S/C21H25N5O/c1-3-26-20-18(13-23-26)17(12-19(25-20)15-7-5-4-6-8-15)21(27)24-16-9-10-22-14(2)11-16/h4-8,12-14,16,22H,3,9-11H2,1-2H3,(H,24,27). The molecule has 0 bridgehead atoms. The maximum absolute atomic E-state index is 13.1. The van der Waals surface area contributed by atoms with Gasteiger partial charge in [-0.05, 0) is 39.3 Å². The van der Waals surface area contributed by atoms with E-state index in [1.807, 2.05) is 48.0 Å². The van der Waals surface area contributed by atoms with E-state index in [0.717, 1.165) is 41.7 Å². The molecule has 4 rings (SSSR count). The number of piperidine rings is 1. The summed E-state index contributed by atoms with van der Waals surface area (Å²) in [5.74, 6) is -0.0469. The molecule has 6 heteroatoms. The van der Waals surface area contributed by atoms with Crippen LogP contribution in [-0.2, 0) is 6.54 Å². The Kier molecular flexibility index (Phi) is 4.90. The van der Waals surface area contributed by atoms with Crippen LogP contribution in [0, 0.1) is 0 Å². The van der Waals surface area contributed by atoms with Gasteiger partial charge in [0.25, 0.3) is 5.91 Å². The second kappa shape index (κ2) is 7.48. The zero-order chi connectivity index (χ0) is 18.8. The normalized spacial score (nSPS) is 19.9. The number of benzene rings is 1. The van der Waals surface area contributed by atoms with E-state index >= 15 is 0 Å². The molecule has 3 heterocycles. The maximum atomic E-state index is 13.1. The first-order valence-corrected chi connectivity index (χ1v) is 9.62. The third-order valence-electron chi connectivity index (χ3n) is 5.18. The van der Waals surface area contributed by atoms with E-state index in [2.05, 4.69) is 22.7 Å². The van der Waals surface area contributed by atoms with Crippen molar-refractivity contribution >= 4 is 16.9 Å². The summed E-state index contributed by atoms with van der Waals surface area (Å²) in [5, 5.41) is 11.9. The first-order valence-electron chi connectivity index (χ1n) is 9.62. The second-order valence-corrected chi connectivity index (χ2v) is 7.17.